The van der Waals surface area contributed by atoms with Gasteiger partial charge in [0.1, 0.15) is 0 Å². The number of pyridine rings is 1. The Bertz CT molecular complexity index is 927. The van der Waals surface area contributed by atoms with Gasteiger partial charge in [0.15, 0.2) is 0 Å². The molecule has 170 valence electrons. The Kier molecular flexibility index (Phi) is 7.53. The lowest BCUT2D eigenvalue weighted by Gasteiger charge is -2.29. The fourth-order valence-electron chi connectivity index (χ4n) is 4.40. The van der Waals surface area contributed by atoms with Crippen LogP contribution in [0.1, 0.15) is 73.4 Å². The molecule has 32 heavy (non-hydrogen) atoms. The molecule has 2 aliphatic rings. The molecule has 0 radical (unpaired) electrons. The molecule has 6 heteroatoms. The average Bonchev–Trinajstić information content (AvgIpc) is 3.59. The van der Waals surface area contributed by atoms with Crippen molar-refractivity contribution in [3.63, 3.8) is 0 Å². The summed E-state index contributed by atoms with van der Waals surface area (Å²) in [5.41, 5.74) is 3.81. The minimum atomic E-state index is -0.0189. The third-order valence-electron chi connectivity index (χ3n) is 6.30. The standard InChI is InChI=1S/C26H34N4O2/c1-20(31)30-15-6-4-2-3-5-14-29(18-21-8-7-13-27-17-21)19-23-16-22(9-12-25(23)30)26(32)28-24-10-11-24/h7-9,12-13,16-17,24H,2-6,10-11,14-15,18-19H2,1H3,(H,28,32). The van der Waals surface area contributed by atoms with Crippen molar-refractivity contribution in [2.75, 3.05) is 18.0 Å². The minimum Gasteiger partial charge on any atom is -0.349 e. The van der Waals surface area contributed by atoms with Gasteiger partial charge in [0.25, 0.3) is 5.91 Å². The van der Waals surface area contributed by atoms with Crippen molar-refractivity contribution < 1.29 is 9.59 Å². The Balaban J connectivity index is 1.65. The lowest BCUT2D eigenvalue weighted by molar-refractivity contribution is -0.116. The first-order valence-electron chi connectivity index (χ1n) is 11.9. The van der Waals surface area contributed by atoms with Gasteiger partial charge in [0.05, 0.1) is 0 Å². The Hall–Kier alpha value is -2.73. The second-order valence-corrected chi connectivity index (χ2v) is 9.10. The van der Waals surface area contributed by atoms with Gasteiger partial charge in [-0.05, 0) is 67.6 Å². The number of nitrogens with zero attached hydrogens (tertiary/aromatic N) is 3. The molecule has 1 aromatic heterocycles. The van der Waals surface area contributed by atoms with Crippen LogP contribution in [0.4, 0.5) is 5.69 Å². The first-order chi connectivity index (χ1) is 15.6. The molecule has 0 spiro atoms. The van der Waals surface area contributed by atoms with E-state index in [2.05, 4.69) is 21.3 Å². The number of anilines is 1. The van der Waals surface area contributed by atoms with Crippen molar-refractivity contribution in [1.29, 1.82) is 0 Å². The molecule has 0 atom stereocenters. The lowest BCUT2D eigenvalue weighted by Crippen LogP contribution is -2.33. The van der Waals surface area contributed by atoms with Gasteiger partial charge in [-0.3, -0.25) is 19.5 Å². The number of rotatable bonds is 4. The van der Waals surface area contributed by atoms with E-state index in [4.69, 9.17) is 0 Å². The number of hydrogen-bond donors (Lipinski definition) is 1. The maximum absolute atomic E-state index is 12.7. The fourth-order valence-corrected chi connectivity index (χ4v) is 4.40. The van der Waals surface area contributed by atoms with Crippen molar-refractivity contribution in [1.82, 2.24) is 15.2 Å². The molecule has 0 saturated heterocycles. The topological polar surface area (TPSA) is 65.5 Å². The fraction of sp³-hybridized carbons (Fsp3) is 0.500. The van der Waals surface area contributed by atoms with Crippen molar-refractivity contribution in [3.8, 4) is 0 Å². The minimum absolute atomic E-state index is 0.0189. The molecule has 2 aromatic rings. The van der Waals surface area contributed by atoms with Gasteiger partial charge >= 0.3 is 0 Å². The van der Waals surface area contributed by atoms with E-state index in [1.165, 1.54) is 18.4 Å². The SMILES string of the molecule is CC(=O)N1CCCCCCCN(Cc2cccnc2)Cc2cc(C(=O)NC3CC3)ccc21. The van der Waals surface area contributed by atoms with Crippen LogP contribution in [0.2, 0.25) is 0 Å². The van der Waals surface area contributed by atoms with Crippen molar-refractivity contribution in [2.45, 2.75) is 71.0 Å². The molecule has 6 nitrogen and oxygen atoms in total. The highest BCUT2D eigenvalue weighted by Crippen LogP contribution is 2.27. The van der Waals surface area contributed by atoms with Crippen LogP contribution in [-0.4, -0.2) is 40.8 Å². The molecule has 1 aliphatic heterocycles. The van der Waals surface area contributed by atoms with Crippen LogP contribution in [0, 0.1) is 0 Å². The maximum Gasteiger partial charge on any atom is 0.251 e. The van der Waals surface area contributed by atoms with Crippen molar-refractivity contribution in [3.05, 3.63) is 59.4 Å². The first kappa shape index (κ1) is 22.5. The molecule has 2 amide bonds. The number of amides is 2. The number of nitrogens with one attached hydrogen (secondary N) is 1. The first-order valence-corrected chi connectivity index (χ1v) is 11.9. The van der Waals surface area contributed by atoms with E-state index in [0.717, 1.165) is 63.0 Å². The van der Waals surface area contributed by atoms with E-state index in [9.17, 15) is 9.59 Å². The summed E-state index contributed by atoms with van der Waals surface area (Å²) >= 11 is 0. The van der Waals surface area contributed by atoms with Gasteiger partial charge in [-0.2, -0.15) is 0 Å². The number of carbonyl (C=O) groups is 2. The van der Waals surface area contributed by atoms with Crippen LogP contribution in [0.25, 0.3) is 0 Å². The van der Waals surface area contributed by atoms with Crippen LogP contribution in [0.15, 0.2) is 42.7 Å². The van der Waals surface area contributed by atoms with Gasteiger partial charge in [0.2, 0.25) is 5.91 Å². The zero-order valence-corrected chi connectivity index (χ0v) is 19.1. The summed E-state index contributed by atoms with van der Waals surface area (Å²) in [5, 5.41) is 3.09. The summed E-state index contributed by atoms with van der Waals surface area (Å²) in [7, 11) is 0. The average molecular weight is 435 g/mol. The zero-order chi connectivity index (χ0) is 22.3. The third kappa shape index (κ3) is 6.16. The highest BCUT2D eigenvalue weighted by Gasteiger charge is 2.25. The van der Waals surface area contributed by atoms with E-state index < -0.39 is 0 Å². The van der Waals surface area contributed by atoms with Crippen LogP contribution in [0.5, 0.6) is 0 Å². The highest BCUT2D eigenvalue weighted by molar-refractivity contribution is 5.97. The van der Waals surface area contributed by atoms with Crippen LogP contribution < -0.4 is 10.2 Å². The van der Waals surface area contributed by atoms with Crippen LogP contribution in [0.3, 0.4) is 0 Å². The summed E-state index contributed by atoms with van der Waals surface area (Å²) in [6.07, 6.45) is 11.5. The largest absolute Gasteiger partial charge is 0.349 e. The number of carbonyl (C=O) groups excluding carboxylic acids is 2. The number of hydrogen-bond acceptors (Lipinski definition) is 4. The second-order valence-electron chi connectivity index (χ2n) is 9.10. The monoisotopic (exact) mass is 434 g/mol. The van der Waals surface area contributed by atoms with E-state index in [0.29, 0.717) is 18.2 Å². The van der Waals surface area contributed by atoms with Crippen LogP contribution >= 0.6 is 0 Å². The highest BCUT2D eigenvalue weighted by atomic mass is 16.2. The predicted molar refractivity (Wildman–Crippen MR) is 126 cm³/mol. The van der Waals surface area contributed by atoms with E-state index in [1.54, 1.807) is 13.1 Å². The quantitative estimate of drug-likeness (QED) is 0.780. The van der Waals surface area contributed by atoms with Gasteiger partial charge in [0, 0.05) is 56.2 Å². The smallest absolute Gasteiger partial charge is 0.251 e. The Morgan fingerprint density at radius 3 is 2.56 bits per heavy atom. The van der Waals surface area contributed by atoms with Crippen molar-refractivity contribution in [2.24, 2.45) is 0 Å². The Morgan fingerprint density at radius 1 is 1.06 bits per heavy atom. The molecule has 4 rings (SSSR count). The summed E-state index contributed by atoms with van der Waals surface area (Å²) < 4.78 is 0. The number of benzene rings is 1. The van der Waals surface area contributed by atoms with Gasteiger partial charge in [-0.25, -0.2) is 0 Å². The Morgan fingerprint density at radius 2 is 1.84 bits per heavy atom. The van der Waals surface area contributed by atoms with E-state index in [-0.39, 0.29) is 11.8 Å². The van der Waals surface area contributed by atoms with E-state index >= 15 is 0 Å². The Labute approximate surface area is 191 Å². The van der Waals surface area contributed by atoms with Crippen LogP contribution in [-0.2, 0) is 17.9 Å². The normalized spacial score (nSPS) is 18.2. The lowest BCUT2D eigenvalue weighted by atomic mass is 10.0. The third-order valence-corrected chi connectivity index (χ3v) is 6.30. The molecule has 2 heterocycles. The van der Waals surface area contributed by atoms with Gasteiger partial charge < -0.3 is 10.2 Å². The molecule has 1 aromatic carbocycles. The maximum atomic E-state index is 12.7. The van der Waals surface area contributed by atoms with Gasteiger partial charge in [-0.1, -0.05) is 25.3 Å². The molecule has 1 saturated carbocycles. The summed E-state index contributed by atoms with van der Waals surface area (Å²) in [4.78, 5) is 33.9. The molecular formula is C26H34N4O2. The second kappa shape index (κ2) is 10.7. The molecule has 0 unspecified atom stereocenters. The van der Waals surface area contributed by atoms with E-state index in [1.807, 2.05) is 35.4 Å². The van der Waals surface area contributed by atoms with Crippen molar-refractivity contribution >= 4 is 17.5 Å². The number of fused-ring (bicyclic) bond motifs is 1. The molecular weight excluding hydrogens is 400 g/mol. The summed E-state index contributed by atoms with van der Waals surface area (Å²) in [6, 6.07) is 10.2. The zero-order valence-electron chi connectivity index (χ0n) is 19.1. The molecule has 1 aliphatic carbocycles. The molecule has 0 bridgehead atoms. The number of aromatic nitrogens is 1. The predicted octanol–water partition coefficient (Wildman–Crippen LogP) is 4.29. The summed E-state index contributed by atoms with van der Waals surface area (Å²) in [5.74, 6) is 0.0342. The molecule has 1 fully saturated rings. The van der Waals surface area contributed by atoms with Gasteiger partial charge in [-0.15, -0.1) is 0 Å². The summed E-state index contributed by atoms with van der Waals surface area (Å²) in [6.45, 7) is 4.83. The molecule has 1 N–H and O–H groups in total.